The fraction of sp³-hybridized carbons (Fsp3) is 0.304. The number of aromatic nitrogens is 3. The fourth-order valence-electron chi connectivity index (χ4n) is 3.40. The number of hydrogen-bond acceptors (Lipinski definition) is 9. The third-order valence-electron chi connectivity index (χ3n) is 4.90. The molecule has 33 heavy (non-hydrogen) atoms. The maximum absolute atomic E-state index is 14.1. The summed E-state index contributed by atoms with van der Waals surface area (Å²) in [5.41, 5.74) is 6.50. The lowest BCUT2D eigenvalue weighted by molar-refractivity contribution is 0.122. The molecule has 1 fully saturated rings. The quantitative estimate of drug-likeness (QED) is 0.400. The average Bonchev–Trinajstić information content (AvgIpc) is 2.82. The average molecular weight is 451 g/mol. The Balaban J connectivity index is 1.35. The predicted octanol–water partition coefficient (Wildman–Crippen LogP) is 3.10. The molecule has 4 rings (SSSR count). The highest BCUT2D eigenvalue weighted by atomic mass is 19.1. The molecule has 0 amide bonds. The molecule has 3 aromatic rings. The number of halogens is 1. The summed E-state index contributed by atoms with van der Waals surface area (Å²) in [5.74, 6) is -0.0114. The van der Waals surface area contributed by atoms with Gasteiger partial charge in [-0.1, -0.05) is 12.1 Å². The van der Waals surface area contributed by atoms with Crippen molar-refractivity contribution in [1.29, 1.82) is 0 Å². The van der Waals surface area contributed by atoms with Gasteiger partial charge < -0.3 is 19.9 Å². The Morgan fingerprint density at radius 3 is 2.73 bits per heavy atom. The van der Waals surface area contributed by atoms with Crippen LogP contribution < -0.4 is 15.6 Å². The summed E-state index contributed by atoms with van der Waals surface area (Å²) < 4.78 is 19.4. The van der Waals surface area contributed by atoms with Gasteiger partial charge in [-0.15, -0.1) is 0 Å². The molecule has 2 N–H and O–H groups in total. The Morgan fingerprint density at radius 1 is 1.12 bits per heavy atom. The zero-order valence-electron chi connectivity index (χ0n) is 18.7. The van der Waals surface area contributed by atoms with Gasteiger partial charge in [-0.2, -0.15) is 10.1 Å². The number of nitrogens with zero attached hydrogens (tertiary/aromatic N) is 6. The minimum atomic E-state index is -0.469. The monoisotopic (exact) mass is 450 g/mol. The van der Waals surface area contributed by atoms with Crippen LogP contribution in [0, 0.1) is 5.82 Å². The van der Waals surface area contributed by atoms with Crippen molar-refractivity contribution in [2.45, 2.75) is 6.54 Å². The maximum Gasteiger partial charge on any atom is 0.245 e. The Labute approximate surface area is 192 Å². The summed E-state index contributed by atoms with van der Waals surface area (Å²) >= 11 is 0. The van der Waals surface area contributed by atoms with E-state index in [0.29, 0.717) is 32.0 Å². The first-order chi connectivity index (χ1) is 16.1. The number of ether oxygens (including phenoxy) is 1. The lowest BCUT2D eigenvalue weighted by atomic mass is 10.2. The van der Waals surface area contributed by atoms with Crippen LogP contribution in [0.15, 0.2) is 53.9 Å². The van der Waals surface area contributed by atoms with Crippen molar-refractivity contribution in [3.05, 3.63) is 65.9 Å². The Hall–Kier alpha value is -3.63. The van der Waals surface area contributed by atoms with Gasteiger partial charge in [0.15, 0.2) is 11.6 Å². The highest BCUT2D eigenvalue weighted by molar-refractivity contribution is 5.78. The molecule has 0 spiro atoms. The minimum absolute atomic E-state index is 0.213. The van der Waals surface area contributed by atoms with Crippen molar-refractivity contribution in [2.24, 2.45) is 5.10 Å². The summed E-state index contributed by atoms with van der Waals surface area (Å²) in [6.07, 6.45) is 4.44. The first-order valence-corrected chi connectivity index (χ1v) is 10.7. The van der Waals surface area contributed by atoms with Gasteiger partial charge in [-0.3, -0.25) is 4.98 Å². The molecule has 3 heterocycles. The zero-order chi connectivity index (χ0) is 23.0. The summed E-state index contributed by atoms with van der Waals surface area (Å²) in [4.78, 5) is 16.5. The van der Waals surface area contributed by atoms with Gasteiger partial charge in [-0.25, -0.2) is 14.8 Å². The molecule has 0 bridgehead atoms. The number of rotatable bonds is 8. The van der Waals surface area contributed by atoms with Gasteiger partial charge in [0.25, 0.3) is 0 Å². The fourth-order valence-corrected chi connectivity index (χ4v) is 3.40. The topological polar surface area (TPSA) is 90.8 Å². The van der Waals surface area contributed by atoms with Crippen molar-refractivity contribution < 1.29 is 9.13 Å². The molecular weight excluding hydrogens is 423 g/mol. The third kappa shape index (κ3) is 6.43. The number of morpholine rings is 1. The molecule has 1 saturated heterocycles. The van der Waals surface area contributed by atoms with Crippen LogP contribution in [0.1, 0.15) is 11.3 Å². The van der Waals surface area contributed by atoms with E-state index in [-0.39, 0.29) is 11.8 Å². The van der Waals surface area contributed by atoms with E-state index in [2.05, 4.69) is 47.8 Å². The van der Waals surface area contributed by atoms with Crippen LogP contribution in [0.25, 0.3) is 0 Å². The molecule has 2 aromatic heterocycles. The van der Waals surface area contributed by atoms with Crippen molar-refractivity contribution in [3.63, 3.8) is 0 Å². The third-order valence-corrected chi connectivity index (χ3v) is 4.90. The summed E-state index contributed by atoms with van der Waals surface area (Å²) in [6, 6.07) is 12.0. The molecule has 172 valence electrons. The van der Waals surface area contributed by atoms with Crippen molar-refractivity contribution >= 4 is 29.4 Å². The van der Waals surface area contributed by atoms with Gasteiger partial charge in [0.05, 0.1) is 43.2 Å². The van der Waals surface area contributed by atoms with E-state index >= 15 is 0 Å². The van der Waals surface area contributed by atoms with E-state index in [9.17, 15) is 4.39 Å². The lowest BCUT2D eigenvalue weighted by Crippen LogP contribution is -2.37. The molecule has 9 nitrogen and oxygen atoms in total. The normalized spacial score (nSPS) is 14.1. The van der Waals surface area contributed by atoms with Crippen LogP contribution in [-0.4, -0.2) is 66.5 Å². The summed E-state index contributed by atoms with van der Waals surface area (Å²) in [5, 5.41) is 7.49. The highest BCUT2D eigenvalue weighted by Gasteiger charge is 2.17. The second kappa shape index (κ2) is 10.8. The van der Waals surface area contributed by atoms with E-state index in [4.69, 9.17) is 4.74 Å². The van der Waals surface area contributed by atoms with E-state index in [1.54, 1.807) is 12.4 Å². The SMILES string of the molecule is CN(C)Cc1cccc(Nc2ccc(/C=N/Nc3ncc(F)c(N4CCOCC4)n3)nc2)c1. The molecule has 10 heteroatoms. The summed E-state index contributed by atoms with van der Waals surface area (Å²) in [7, 11) is 4.09. The molecule has 0 aliphatic carbocycles. The highest BCUT2D eigenvalue weighted by Crippen LogP contribution is 2.19. The van der Waals surface area contributed by atoms with Gasteiger partial charge in [-0.05, 0) is 43.9 Å². The molecule has 0 unspecified atom stereocenters. The van der Waals surface area contributed by atoms with Gasteiger partial charge >= 0.3 is 0 Å². The zero-order valence-corrected chi connectivity index (χ0v) is 18.7. The lowest BCUT2D eigenvalue weighted by Gasteiger charge is -2.27. The van der Waals surface area contributed by atoms with E-state index < -0.39 is 5.82 Å². The maximum atomic E-state index is 14.1. The molecule has 1 aliphatic rings. The van der Waals surface area contributed by atoms with Gasteiger partial charge in [0, 0.05) is 25.3 Å². The van der Waals surface area contributed by atoms with Crippen LogP contribution in [-0.2, 0) is 11.3 Å². The minimum Gasteiger partial charge on any atom is -0.378 e. The van der Waals surface area contributed by atoms with Crippen molar-refractivity contribution in [2.75, 3.05) is 56.0 Å². The number of benzene rings is 1. The van der Waals surface area contributed by atoms with Crippen LogP contribution in [0.5, 0.6) is 0 Å². The standard InChI is InChI=1S/C23H27FN8O/c1-31(2)16-17-4-3-5-18(12-17)28-20-7-6-19(25-13-20)14-27-30-23-26-15-21(24)22(29-23)32-8-10-33-11-9-32/h3-7,12-15,28H,8-11,16H2,1-2H3,(H,26,29,30)/b27-14+. The Bertz CT molecular complexity index is 1080. The van der Waals surface area contributed by atoms with Crippen LogP contribution in [0.3, 0.4) is 0 Å². The Morgan fingerprint density at radius 2 is 1.97 bits per heavy atom. The molecule has 1 aliphatic heterocycles. The van der Waals surface area contributed by atoms with E-state index in [1.807, 2.05) is 43.3 Å². The van der Waals surface area contributed by atoms with E-state index in [0.717, 1.165) is 24.1 Å². The number of anilines is 4. The first kappa shape index (κ1) is 22.6. The van der Waals surface area contributed by atoms with Crippen molar-refractivity contribution in [1.82, 2.24) is 19.9 Å². The summed E-state index contributed by atoms with van der Waals surface area (Å²) in [6.45, 7) is 3.13. The van der Waals surface area contributed by atoms with E-state index in [1.165, 1.54) is 5.56 Å². The molecular formula is C23H27FN8O. The largest absolute Gasteiger partial charge is 0.378 e. The molecule has 1 aromatic carbocycles. The second-order valence-corrected chi connectivity index (χ2v) is 7.87. The van der Waals surface area contributed by atoms with Crippen LogP contribution in [0.4, 0.5) is 27.5 Å². The number of hydrogen-bond donors (Lipinski definition) is 2. The number of hydrazone groups is 1. The van der Waals surface area contributed by atoms with Gasteiger partial charge in [0.2, 0.25) is 5.95 Å². The predicted molar refractivity (Wildman–Crippen MR) is 128 cm³/mol. The van der Waals surface area contributed by atoms with Crippen LogP contribution >= 0.6 is 0 Å². The molecule has 0 atom stereocenters. The Kier molecular flexibility index (Phi) is 7.38. The second-order valence-electron chi connectivity index (χ2n) is 7.87. The smallest absolute Gasteiger partial charge is 0.245 e. The molecule has 0 saturated carbocycles. The number of pyridine rings is 1. The van der Waals surface area contributed by atoms with Gasteiger partial charge in [0.1, 0.15) is 0 Å². The first-order valence-electron chi connectivity index (χ1n) is 10.7. The van der Waals surface area contributed by atoms with Crippen molar-refractivity contribution in [3.8, 4) is 0 Å². The van der Waals surface area contributed by atoms with Crippen LogP contribution in [0.2, 0.25) is 0 Å². The molecule has 0 radical (unpaired) electrons. The number of nitrogens with one attached hydrogen (secondary N) is 2.